The molecule has 0 aliphatic carbocycles. The number of urea groups is 1. The van der Waals surface area contributed by atoms with Crippen LogP contribution in [0.2, 0.25) is 5.02 Å². The number of hydrogen-bond donors (Lipinski definition) is 1. The predicted molar refractivity (Wildman–Crippen MR) is 122 cm³/mol. The molecule has 0 atom stereocenters. The van der Waals surface area contributed by atoms with Gasteiger partial charge in [-0.05, 0) is 49.6 Å². The number of amides is 2. The predicted octanol–water partition coefficient (Wildman–Crippen LogP) is 5.21. The lowest BCUT2D eigenvalue weighted by molar-refractivity contribution is 0.256. The van der Waals surface area contributed by atoms with Crippen molar-refractivity contribution < 1.29 is 9.53 Å². The molecule has 1 aliphatic rings. The topological polar surface area (TPSA) is 72.3 Å². The Labute approximate surface area is 187 Å². The van der Waals surface area contributed by atoms with Gasteiger partial charge in [0, 0.05) is 29.7 Å². The molecule has 4 rings (SSSR count). The smallest absolute Gasteiger partial charge is 0.326 e. The SMILES string of the molecule is COc1cccc(NC(=O)N(Cc2nnc3n2CCCCC3)c2cc(Cl)ccc2C)c1. The average molecular weight is 440 g/mol. The number of aromatic nitrogens is 3. The first kappa shape index (κ1) is 21.2. The molecule has 0 fully saturated rings. The maximum Gasteiger partial charge on any atom is 0.326 e. The van der Waals surface area contributed by atoms with Crippen molar-refractivity contribution in [3.63, 3.8) is 0 Å². The summed E-state index contributed by atoms with van der Waals surface area (Å²) in [6.07, 6.45) is 4.30. The first-order chi connectivity index (χ1) is 15.0. The number of carbonyl (C=O) groups is 1. The van der Waals surface area contributed by atoms with Gasteiger partial charge in [-0.15, -0.1) is 10.2 Å². The molecule has 0 spiro atoms. The molecule has 0 radical (unpaired) electrons. The first-order valence-corrected chi connectivity index (χ1v) is 10.8. The molecule has 8 heteroatoms. The van der Waals surface area contributed by atoms with Crippen molar-refractivity contribution in [2.45, 2.75) is 45.7 Å². The molecule has 0 bridgehead atoms. The highest BCUT2D eigenvalue weighted by Gasteiger charge is 2.23. The minimum absolute atomic E-state index is 0.274. The number of nitrogens with one attached hydrogen (secondary N) is 1. The second-order valence-corrected chi connectivity index (χ2v) is 8.11. The zero-order chi connectivity index (χ0) is 21.8. The van der Waals surface area contributed by atoms with Gasteiger partial charge in [0.25, 0.3) is 0 Å². The average Bonchev–Trinajstić information content (AvgIpc) is 2.99. The fourth-order valence-electron chi connectivity index (χ4n) is 3.84. The molecule has 2 amide bonds. The van der Waals surface area contributed by atoms with Gasteiger partial charge in [-0.1, -0.05) is 30.2 Å². The monoisotopic (exact) mass is 439 g/mol. The van der Waals surface area contributed by atoms with Crippen LogP contribution in [0.15, 0.2) is 42.5 Å². The summed E-state index contributed by atoms with van der Waals surface area (Å²) < 4.78 is 7.42. The van der Waals surface area contributed by atoms with Gasteiger partial charge in [-0.25, -0.2) is 4.79 Å². The molecule has 3 aromatic rings. The van der Waals surface area contributed by atoms with Crippen LogP contribution in [0.1, 0.15) is 36.5 Å². The Morgan fingerprint density at radius 2 is 2.06 bits per heavy atom. The number of carbonyl (C=O) groups excluding carboxylic acids is 1. The van der Waals surface area contributed by atoms with Gasteiger partial charge in [0.2, 0.25) is 0 Å². The summed E-state index contributed by atoms with van der Waals surface area (Å²) in [6.45, 7) is 3.13. The number of fused-ring (bicyclic) bond motifs is 1. The number of ether oxygens (including phenoxy) is 1. The number of benzene rings is 2. The number of hydrogen-bond acceptors (Lipinski definition) is 4. The van der Waals surface area contributed by atoms with Crippen molar-refractivity contribution in [2.24, 2.45) is 0 Å². The van der Waals surface area contributed by atoms with Crippen LogP contribution >= 0.6 is 11.6 Å². The number of aryl methyl sites for hydroxylation is 2. The maximum absolute atomic E-state index is 13.4. The van der Waals surface area contributed by atoms with Crippen LogP contribution in [0.5, 0.6) is 5.75 Å². The molecule has 1 aromatic heterocycles. The number of halogens is 1. The van der Waals surface area contributed by atoms with Crippen LogP contribution in [-0.4, -0.2) is 27.9 Å². The van der Waals surface area contributed by atoms with E-state index in [1.165, 1.54) is 6.42 Å². The van der Waals surface area contributed by atoms with Gasteiger partial charge in [-0.2, -0.15) is 0 Å². The molecule has 1 N–H and O–H groups in total. The molecule has 1 aliphatic heterocycles. The van der Waals surface area contributed by atoms with Crippen LogP contribution in [0.3, 0.4) is 0 Å². The Hall–Kier alpha value is -3.06. The zero-order valence-corrected chi connectivity index (χ0v) is 18.5. The molecular formula is C23H26ClN5O2. The van der Waals surface area contributed by atoms with Crippen molar-refractivity contribution in [3.8, 4) is 5.75 Å². The normalized spacial score (nSPS) is 13.3. The lowest BCUT2D eigenvalue weighted by Crippen LogP contribution is -2.36. The van der Waals surface area contributed by atoms with Crippen LogP contribution in [-0.2, 0) is 19.5 Å². The summed E-state index contributed by atoms with van der Waals surface area (Å²) in [4.78, 5) is 15.1. The summed E-state index contributed by atoms with van der Waals surface area (Å²) in [7, 11) is 1.60. The molecular weight excluding hydrogens is 414 g/mol. The quantitative estimate of drug-likeness (QED) is 0.592. The van der Waals surface area contributed by atoms with E-state index in [0.29, 0.717) is 23.0 Å². The van der Waals surface area contributed by atoms with Crippen molar-refractivity contribution >= 4 is 29.0 Å². The number of anilines is 2. The molecule has 7 nitrogen and oxygen atoms in total. The highest BCUT2D eigenvalue weighted by Crippen LogP contribution is 2.28. The third-order valence-corrected chi connectivity index (χ3v) is 5.75. The zero-order valence-electron chi connectivity index (χ0n) is 17.8. The van der Waals surface area contributed by atoms with E-state index in [2.05, 4.69) is 20.1 Å². The van der Waals surface area contributed by atoms with Gasteiger partial charge >= 0.3 is 6.03 Å². The minimum atomic E-state index is -0.274. The maximum atomic E-state index is 13.4. The highest BCUT2D eigenvalue weighted by molar-refractivity contribution is 6.31. The van der Waals surface area contributed by atoms with Crippen molar-refractivity contribution in [1.82, 2.24) is 14.8 Å². The lowest BCUT2D eigenvalue weighted by Gasteiger charge is -2.25. The number of methoxy groups -OCH3 is 1. The van der Waals surface area contributed by atoms with Gasteiger partial charge in [0.15, 0.2) is 5.82 Å². The number of nitrogens with zero attached hydrogens (tertiary/aromatic N) is 4. The highest BCUT2D eigenvalue weighted by atomic mass is 35.5. The van der Waals surface area contributed by atoms with Crippen LogP contribution in [0, 0.1) is 6.92 Å². The van der Waals surface area contributed by atoms with Crippen LogP contribution in [0.4, 0.5) is 16.2 Å². The first-order valence-electron chi connectivity index (χ1n) is 10.4. The van der Waals surface area contributed by atoms with Gasteiger partial charge in [-0.3, -0.25) is 4.90 Å². The second-order valence-electron chi connectivity index (χ2n) is 7.67. The van der Waals surface area contributed by atoms with Crippen molar-refractivity contribution in [3.05, 3.63) is 64.7 Å². The Balaban J connectivity index is 1.67. The summed E-state index contributed by atoms with van der Waals surface area (Å²) in [6, 6.07) is 12.5. The summed E-state index contributed by atoms with van der Waals surface area (Å²) >= 11 is 6.28. The fraction of sp³-hybridized carbons (Fsp3) is 0.348. The van der Waals surface area contributed by atoms with E-state index in [4.69, 9.17) is 16.3 Å². The summed E-state index contributed by atoms with van der Waals surface area (Å²) in [5.74, 6) is 2.44. The minimum Gasteiger partial charge on any atom is -0.497 e. The largest absolute Gasteiger partial charge is 0.497 e. The van der Waals surface area contributed by atoms with Crippen LogP contribution in [0.25, 0.3) is 0 Å². The van der Waals surface area contributed by atoms with E-state index >= 15 is 0 Å². The third kappa shape index (κ3) is 4.82. The standard InChI is InChI=1S/C23H26ClN5O2/c1-16-10-11-17(24)13-20(16)29(23(30)25-18-7-6-8-19(14-18)31-2)15-22-27-26-21-9-4-3-5-12-28(21)22/h6-8,10-11,13-14H,3-5,9,12,15H2,1-2H3,(H,25,30). The van der Waals surface area contributed by atoms with E-state index < -0.39 is 0 Å². The summed E-state index contributed by atoms with van der Waals surface area (Å²) in [5.41, 5.74) is 2.33. The molecule has 162 valence electrons. The van der Waals surface area contributed by atoms with E-state index in [0.717, 1.165) is 48.7 Å². The number of rotatable bonds is 5. The van der Waals surface area contributed by atoms with Gasteiger partial charge in [0.1, 0.15) is 11.6 Å². The molecule has 0 unspecified atom stereocenters. The Morgan fingerprint density at radius 1 is 1.19 bits per heavy atom. The molecule has 2 aromatic carbocycles. The summed E-state index contributed by atoms with van der Waals surface area (Å²) in [5, 5.41) is 12.3. The van der Waals surface area contributed by atoms with Crippen LogP contribution < -0.4 is 15.0 Å². The second kappa shape index (κ2) is 9.39. The van der Waals surface area contributed by atoms with E-state index in [-0.39, 0.29) is 6.03 Å². The molecule has 31 heavy (non-hydrogen) atoms. The molecule has 0 saturated heterocycles. The van der Waals surface area contributed by atoms with Crippen molar-refractivity contribution in [1.29, 1.82) is 0 Å². The Morgan fingerprint density at radius 3 is 2.90 bits per heavy atom. The van der Waals surface area contributed by atoms with E-state index in [1.807, 2.05) is 43.3 Å². The van der Waals surface area contributed by atoms with Crippen molar-refractivity contribution in [2.75, 3.05) is 17.3 Å². The van der Waals surface area contributed by atoms with Gasteiger partial charge < -0.3 is 14.6 Å². The lowest BCUT2D eigenvalue weighted by atomic mass is 10.2. The Bertz CT molecular complexity index is 1080. The molecule has 2 heterocycles. The third-order valence-electron chi connectivity index (χ3n) is 5.51. The fourth-order valence-corrected chi connectivity index (χ4v) is 4.00. The van der Waals surface area contributed by atoms with E-state index in [1.54, 1.807) is 18.1 Å². The molecule has 0 saturated carbocycles. The van der Waals surface area contributed by atoms with E-state index in [9.17, 15) is 4.79 Å². The van der Waals surface area contributed by atoms with Gasteiger partial charge in [0.05, 0.1) is 19.3 Å². The Kier molecular flexibility index (Phi) is 6.42.